The van der Waals surface area contributed by atoms with Gasteiger partial charge in [0.15, 0.2) is 0 Å². The van der Waals surface area contributed by atoms with Gasteiger partial charge in [0, 0.05) is 0 Å². The fourth-order valence-corrected chi connectivity index (χ4v) is 10.4. The summed E-state index contributed by atoms with van der Waals surface area (Å²) in [7, 11) is -2.57. The summed E-state index contributed by atoms with van der Waals surface area (Å²) in [5.41, 5.74) is 0. The average molecular weight is 405 g/mol. The van der Waals surface area contributed by atoms with Crippen LogP contribution >= 0.6 is 0 Å². The van der Waals surface area contributed by atoms with Gasteiger partial charge in [-0.05, 0) is 0 Å². The molecule has 0 spiro atoms. The zero-order valence-corrected chi connectivity index (χ0v) is 17.2. The van der Waals surface area contributed by atoms with Gasteiger partial charge in [0.05, 0.1) is 0 Å². The Bertz CT molecular complexity index is 509. The number of benzene rings is 2. The van der Waals surface area contributed by atoms with Gasteiger partial charge in [0.25, 0.3) is 0 Å². The molecule has 3 heteroatoms. The molecule has 0 saturated heterocycles. The van der Waals surface area contributed by atoms with E-state index in [9.17, 15) is 4.80 Å². The van der Waals surface area contributed by atoms with E-state index in [1.807, 2.05) is 36.4 Å². The molecule has 0 atom stereocenters. The van der Waals surface area contributed by atoms with Crippen LogP contribution in [0.3, 0.4) is 0 Å². The fourth-order valence-electron chi connectivity index (χ4n) is 2.76. The Kier molecular flexibility index (Phi) is 5.69. The molecule has 0 aliphatic carbocycles. The summed E-state index contributed by atoms with van der Waals surface area (Å²) in [5, 5.41) is 2.28. The Morgan fingerprint density at radius 2 is 1.24 bits per heavy atom. The van der Waals surface area contributed by atoms with E-state index in [1.54, 1.807) is 0 Å². The van der Waals surface area contributed by atoms with Gasteiger partial charge in [-0.15, -0.1) is 0 Å². The predicted octanol–water partition coefficient (Wildman–Crippen LogP) is 3.47. The van der Waals surface area contributed by atoms with E-state index in [1.165, 1.54) is 4.44 Å². The Morgan fingerprint density at radius 3 is 1.62 bits per heavy atom. The van der Waals surface area contributed by atoms with Crippen molar-refractivity contribution < 1.29 is 4.80 Å². The first-order valence-electron chi connectivity index (χ1n) is 7.75. The van der Waals surface area contributed by atoms with Crippen LogP contribution in [0.2, 0.25) is 25.3 Å². The van der Waals surface area contributed by atoms with Gasteiger partial charge in [-0.1, -0.05) is 0 Å². The summed E-state index contributed by atoms with van der Waals surface area (Å²) in [5.74, 6) is 0. The van der Waals surface area contributed by atoms with Crippen molar-refractivity contribution in [3.05, 3.63) is 60.7 Å². The number of hydrogen-bond acceptors (Lipinski definition) is 1. The van der Waals surface area contributed by atoms with Crippen molar-refractivity contribution in [1.82, 2.24) is 0 Å². The first-order chi connectivity index (χ1) is 9.92. The summed E-state index contributed by atoms with van der Waals surface area (Å²) in [6, 6.07) is 21.5. The first-order valence-corrected chi connectivity index (χ1v) is 20.5. The standard InChI is InChI=1S/C15H17OSi.3CH3.Sn/c1-2-13-17(16,14-9-5-3-6-10-14)15-11-7-4-8-12-15;;;;/h3-12,16H,1-2,13H2;3*1H3;. The van der Waals surface area contributed by atoms with Gasteiger partial charge in [0.1, 0.15) is 0 Å². The monoisotopic (exact) mass is 406 g/mol. The second kappa shape index (κ2) is 7.12. The number of rotatable bonds is 6. The van der Waals surface area contributed by atoms with E-state index in [0.29, 0.717) is 0 Å². The molecule has 0 aliphatic heterocycles. The molecule has 0 amide bonds. The van der Waals surface area contributed by atoms with E-state index in [2.05, 4.69) is 39.1 Å². The average Bonchev–Trinajstić information content (AvgIpc) is 2.47. The summed E-state index contributed by atoms with van der Waals surface area (Å²) in [6.45, 7) is 0. The third kappa shape index (κ3) is 4.70. The molecule has 0 unspecified atom stereocenters. The maximum absolute atomic E-state index is 11.5. The second-order valence-electron chi connectivity index (χ2n) is 7.01. The van der Waals surface area contributed by atoms with Gasteiger partial charge in [-0.3, -0.25) is 0 Å². The third-order valence-electron chi connectivity index (χ3n) is 3.97. The molecule has 2 rings (SSSR count). The molecule has 112 valence electrons. The zero-order chi connectivity index (χ0) is 15.3. The molecule has 0 radical (unpaired) electrons. The molecule has 0 bridgehead atoms. The van der Waals surface area contributed by atoms with Gasteiger partial charge >= 0.3 is 134 Å². The Morgan fingerprint density at radius 1 is 0.810 bits per heavy atom. The molecule has 2 aromatic carbocycles. The van der Waals surface area contributed by atoms with Gasteiger partial charge < -0.3 is 0 Å². The summed E-state index contributed by atoms with van der Waals surface area (Å²) >= 11 is -1.75. The first kappa shape index (κ1) is 16.8. The van der Waals surface area contributed by atoms with E-state index >= 15 is 0 Å². The normalized spacial score (nSPS) is 12.4. The maximum atomic E-state index is 11.5. The number of hydrogen-bond donors (Lipinski definition) is 1. The SMILES string of the molecule is [CH3][Sn]([CH3])([CH3])[CH2]CC[Si](O)(c1ccccc1)c1ccccc1. The van der Waals surface area contributed by atoms with Crippen LogP contribution in [0, 0.1) is 0 Å². The van der Waals surface area contributed by atoms with Crippen molar-refractivity contribution in [3.8, 4) is 0 Å². The van der Waals surface area contributed by atoms with Crippen molar-refractivity contribution in [2.75, 3.05) is 0 Å². The topological polar surface area (TPSA) is 20.2 Å². The fraction of sp³-hybridized carbons (Fsp3) is 0.333. The van der Waals surface area contributed by atoms with Crippen molar-refractivity contribution >= 4 is 37.1 Å². The van der Waals surface area contributed by atoms with Crippen molar-refractivity contribution in [2.45, 2.75) is 31.7 Å². The van der Waals surface area contributed by atoms with Crippen molar-refractivity contribution in [1.29, 1.82) is 0 Å². The molecule has 1 nitrogen and oxygen atoms in total. The molecule has 1 N–H and O–H groups in total. The Labute approximate surface area is 134 Å². The van der Waals surface area contributed by atoms with Crippen LogP contribution in [0.4, 0.5) is 0 Å². The van der Waals surface area contributed by atoms with Gasteiger partial charge in [-0.25, -0.2) is 0 Å². The Balaban J connectivity index is 2.27. The van der Waals surface area contributed by atoms with Crippen LogP contribution in [0.1, 0.15) is 6.42 Å². The van der Waals surface area contributed by atoms with Gasteiger partial charge in [0.2, 0.25) is 0 Å². The molecule has 0 heterocycles. The van der Waals surface area contributed by atoms with Crippen molar-refractivity contribution in [2.24, 2.45) is 0 Å². The minimum absolute atomic E-state index is 0.940. The van der Waals surface area contributed by atoms with Crippen LogP contribution in [-0.4, -0.2) is 31.5 Å². The summed E-state index contributed by atoms with van der Waals surface area (Å²) < 4.78 is 1.35. The molecular formula is C18H26OSiSn. The van der Waals surface area contributed by atoms with E-state index < -0.39 is 26.7 Å². The van der Waals surface area contributed by atoms with Crippen LogP contribution in [0.25, 0.3) is 0 Å². The molecule has 0 aliphatic rings. The van der Waals surface area contributed by atoms with Crippen LogP contribution in [0.5, 0.6) is 0 Å². The van der Waals surface area contributed by atoms with Crippen LogP contribution < -0.4 is 10.4 Å². The second-order valence-corrected chi connectivity index (χ2v) is 26.4. The molecular weight excluding hydrogens is 379 g/mol. The zero-order valence-electron chi connectivity index (χ0n) is 13.3. The van der Waals surface area contributed by atoms with Gasteiger partial charge in [-0.2, -0.15) is 0 Å². The van der Waals surface area contributed by atoms with Crippen LogP contribution in [0.15, 0.2) is 60.7 Å². The van der Waals surface area contributed by atoms with E-state index in [0.717, 1.165) is 22.8 Å². The molecule has 21 heavy (non-hydrogen) atoms. The summed E-state index contributed by atoms with van der Waals surface area (Å²) in [4.78, 5) is 18.9. The third-order valence-corrected chi connectivity index (χ3v) is 12.9. The van der Waals surface area contributed by atoms with Crippen LogP contribution in [-0.2, 0) is 0 Å². The van der Waals surface area contributed by atoms with E-state index in [-0.39, 0.29) is 0 Å². The van der Waals surface area contributed by atoms with Crippen molar-refractivity contribution in [3.63, 3.8) is 0 Å². The molecule has 0 saturated carbocycles. The van der Waals surface area contributed by atoms with E-state index in [4.69, 9.17) is 0 Å². The quantitative estimate of drug-likeness (QED) is 0.730. The summed E-state index contributed by atoms with van der Waals surface area (Å²) in [6.07, 6.45) is 1.16. The predicted molar refractivity (Wildman–Crippen MR) is 97.7 cm³/mol. The minimum atomic E-state index is -2.57. The molecule has 2 aromatic rings. The molecule has 0 aromatic heterocycles. The Hall–Kier alpha value is -0.584. The molecule has 0 fully saturated rings.